The van der Waals surface area contributed by atoms with Crippen LogP contribution >= 0.6 is 0 Å². The first-order chi connectivity index (χ1) is 8.22. The molecule has 3 nitrogen and oxygen atoms in total. The zero-order valence-corrected chi connectivity index (χ0v) is 10.3. The monoisotopic (exact) mass is 280 g/mol. The van der Waals surface area contributed by atoms with Gasteiger partial charge in [-0.15, -0.1) is 0 Å². The Kier molecular flexibility index (Phi) is 4.39. The maximum absolute atomic E-state index is 12.0. The predicted octanol–water partition coefficient (Wildman–Crippen LogP) is 3.00. The first-order valence-electron chi connectivity index (χ1n) is 4.94. The van der Waals surface area contributed by atoms with Crippen molar-refractivity contribution in [3.63, 3.8) is 0 Å². The van der Waals surface area contributed by atoms with E-state index in [-0.39, 0.29) is 5.76 Å². The molecule has 0 bridgehead atoms. The summed E-state index contributed by atoms with van der Waals surface area (Å²) in [7, 11) is -5.57. The highest BCUT2D eigenvalue weighted by Crippen LogP contribution is 2.26. The van der Waals surface area contributed by atoms with E-state index < -0.39 is 15.6 Å². The Morgan fingerprint density at radius 1 is 1.28 bits per heavy atom. The molecule has 1 rings (SSSR count). The van der Waals surface area contributed by atoms with E-state index in [1.54, 1.807) is 30.3 Å². The topological polar surface area (TPSA) is 43.4 Å². The van der Waals surface area contributed by atoms with Crippen LogP contribution in [0.5, 0.6) is 0 Å². The van der Waals surface area contributed by atoms with E-state index >= 15 is 0 Å². The summed E-state index contributed by atoms with van der Waals surface area (Å²) in [6, 6.07) is 8.87. The fraction of sp³-hybridized carbons (Fsp3) is 0.273. The van der Waals surface area contributed by atoms with Crippen molar-refractivity contribution < 1.29 is 25.8 Å². The summed E-state index contributed by atoms with van der Waals surface area (Å²) < 4.78 is 61.4. The molecule has 7 heteroatoms. The van der Waals surface area contributed by atoms with Crippen LogP contribution in [0.4, 0.5) is 13.2 Å². The van der Waals surface area contributed by atoms with Gasteiger partial charge in [-0.05, 0) is 25.0 Å². The smallest absolute Gasteiger partial charge is 0.381 e. The molecule has 1 aromatic carbocycles. The van der Waals surface area contributed by atoms with Crippen LogP contribution in [0.3, 0.4) is 0 Å². The van der Waals surface area contributed by atoms with Crippen molar-refractivity contribution in [2.45, 2.75) is 18.9 Å². The second kappa shape index (κ2) is 5.43. The van der Waals surface area contributed by atoms with E-state index in [1.165, 1.54) is 6.08 Å². The highest BCUT2D eigenvalue weighted by Gasteiger charge is 2.48. The van der Waals surface area contributed by atoms with Crippen molar-refractivity contribution in [2.24, 2.45) is 0 Å². The molecule has 0 aliphatic heterocycles. The molecular formula is C11H11F3O3S. The quantitative estimate of drug-likeness (QED) is 0.484. The molecule has 0 aromatic heterocycles. The summed E-state index contributed by atoms with van der Waals surface area (Å²) in [5.41, 5.74) is -4.57. The molecule has 18 heavy (non-hydrogen) atoms. The lowest BCUT2D eigenvalue weighted by atomic mass is 10.1. The molecule has 0 aliphatic carbocycles. The van der Waals surface area contributed by atoms with Crippen LogP contribution in [0.2, 0.25) is 0 Å². The standard InChI is InChI=1S/C11H11F3O3S/c1-9(17-18(15,16)11(12,13)14)7-8-10-5-3-2-4-6-10/h2-7H,8H2,1H3/b9-7-. The van der Waals surface area contributed by atoms with Gasteiger partial charge in [-0.25, -0.2) is 0 Å². The van der Waals surface area contributed by atoms with Crippen LogP contribution in [0.15, 0.2) is 42.2 Å². The normalized spacial score (nSPS) is 13.4. The molecule has 0 aliphatic rings. The molecule has 0 radical (unpaired) electrons. The molecule has 0 unspecified atom stereocenters. The third kappa shape index (κ3) is 4.06. The van der Waals surface area contributed by atoms with Gasteiger partial charge in [0.05, 0.1) is 0 Å². The van der Waals surface area contributed by atoms with Crippen LogP contribution < -0.4 is 0 Å². The van der Waals surface area contributed by atoms with E-state index in [0.29, 0.717) is 6.42 Å². The zero-order valence-electron chi connectivity index (χ0n) is 9.44. The molecule has 1 aromatic rings. The molecule has 0 spiro atoms. The van der Waals surface area contributed by atoms with E-state index in [0.717, 1.165) is 12.5 Å². The number of alkyl halides is 3. The lowest BCUT2D eigenvalue weighted by molar-refractivity contribution is -0.0521. The second-order valence-corrected chi connectivity index (χ2v) is 5.03. The van der Waals surface area contributed by atoms with Gasteiger partial charge >= 0.3 is 15.6 Å². The SMILES string of the molecule is C/C(=C/Cc1ccccc1)OS(=O)(=O)C(F)(F)F. The van der Waals surface area contributed by atoms with Gasteiger partial charge in [0, 0.05) is 0 Å². The lowest BCUT2D eigenvalue weighted by Crippen LogP contribution is -2.24. The van der Waals surface area contributed by atoms with Gasteiger partial charge in [0.1, 0.15) is 5.76 Å². The zero-order chi connectivity index (χ0) is 13.8. The summed E-state index contributed by atoms with van der Waals surface area (Å²) in [5.74, 6) is -0.309. The van der Waals surface area contributed by atoms with Gasteiger partial charge < -0.3 is 4.18 Å². The van der Waals surface area contributed by atoms with Gasteiger partial charge in [0.25, 0.3) is 0 Å². The van der Waals surface area contributed by atoms with Crippen LogP contribution in [-0.4, -0.2) is 13.9 Å². The van der Waals surface area contributed by atoms with Crippen LogP contribution in [0.25, 0.3) is 0 Å². The molecule has 100 valence electrons. The fourth-order valence-electron chi connectivity index (χ4n) is 1.13. The second-order valence-electron chi connectivity index (χ2n) is 3.49. The Labute approximate surface area is 103 Å². The lowest BCUT2D eigenvalue weighted by Gasteiger charge is -2.09. The van der Waals surface area contributed by atoms with E-state index in [4.69, 9.17) is 0 Å². The minimum atomic E-state index is -5.57. The van der Waals surface area contributed by atoms with Gasteiger partial charge in [0.15, 0.2) is 0 Å². The number of hydrogen-bond donors (Lipinski definition) is 0. The minimum absolute atomic E-state index is 0.292. The maximum Gasteiger partial charge on any atom is 0.534 e. The summed E-state index contributed by atoms with van der Waals surface area (Å²) in [4.78, 5) is 0. The highest BCUT2D eigenvalue weighted by atomic mass is 32.2. The van der Waals surface area contributed by atoms with Gasteiger partial charge in [0.2, 0.25) is 0 Å². The Morgan fingerprint density at radius 3 is 2.33 bits per heavy atom. The van der Waals surface area contributed by atoms with Crippen LogP contribution in [0, 0.1) is 0 Å². The summed E-state index contributed by atoms with van der Waals surface area (Å²) >= 11 is 0. The summed E-state index contributed by atoms with van der Waals surface area (Å²) in [6.45, 7) is 1.16. The van der Waals surface area contributed by atoms with Crippen molar-refractivity contribution in [3.8, 4) is 0 Å². The van der Waals surface area contributed by atoms with E-state index in [2.05, 4.69) is 4.18 Å². The van der Waals surface area contributed by atoms with Crippen molar-refractivity contribution in [3.05, 3.63) is 47.7 Å². The van der Waals surface area contributed by atoms with Gasteiger partial charge in [-0.3, -0.25) is 0 Å². The molecule has 0 heterocycles. The van der Waals surface area contributed by atoms with Crippen molar-refractivity contribution in [1.82, 2.24) is 0 Å². The molecule has 0 fully saturated rings. The first-order valence-corrected chi connectivity index (χ1v) is 6.34. The highest BCUT2D eigenvalue weighted by molar-refractivity contribution is 7.87. The molecule has 0 saturated heterocycles. The van der Waals surface area contributed by atoms with Gasteiger partial charge in [-0.1, -0.05) is 30.3 Å². The van der Waals surface area contributed by atoms with Crippen molar-refractivity contribution >= 4 is 10.1 Å². The van der Waals surface area contributed by atoms with Crippen molar-refractivity contribution in [2.75, 3.05) is 0 Å². The van der Waals surface area contributed by atoms with E-state index in [1.807, 2.05) is 0 Å². The molecule has 0 saturated carbocycles. The number of rotatable bonds is 4. The largest absolute Gasteiger partial charge is 0.534 e. The van der Waals surface area contributed by atoms with Crippen molar-refractivity contribution in [1.29, 1.82) is 0 Å². The minimum Gasteiger partial charge on any atom is -0.381 e. The third-order valence-electron chi connectivity index (χ3n) is 1.99. The molecule has 0 atom stereocenters. The third-order valence-corrected chi connectivity index (χ3v) is 3.04. The Hall–Kier alpha value is -1.50. The summed E-state index contributed by atoms with van der Waals surface area (Å²) in [5, 5.41) is 0. The Balaban J connectivity index is 2.70. The number of halogens is 3. The molecule has 0 amide bonds. The number of hydrogen-bond acceptors (Lipinski definition) is 3. The first kappa shape index (κ1) is 14.6. The average molecular weight is 280 g/mol. The van der Waals surface area contributed by atoms with E-state index in [9.17, 15) is 21.6 Å². The fourth-order valence-corrected chi connectivity index (χ4v) is 1.64. The predicted molar refractivity (Wildman–Crippen MR) is 60.0 cm³/mol. The van der Waals surface area contributed by atoms with Gasteiger partial charge in [-0.2, -0.15) is 21.6 Å². The summed E-state index contributed by atoms with van der Waals surface area (Å²) in [6.07, 6.45) is 1.57. The average Bonchev–Trinajstić information content (AvgIpc) is 2.26. The molecule has 0 N–H and O–H groups in total. The molecular weight excluding hydrogens is 269 g/mol. The number of benzene rings is 1. The number of allylic oxidation sites excluding steroid dienone is 2. The van der Waals surface area contributed by atoms with Crippen LogP contribution in [0.1, 0.15) is 12.5 Å². The Morgan fingerprint density at radius 2 is 1.83 bits per heavy atom. The Bertz CT molecular complexity index is 518. The van der Waals surface area contributed by atoms with Crippen LogP contribution in [-0.2, 0) is 20.7 Å². The maximum atomic E-state index is 12.0.